The number of rotatable bonds is 3. The summed E-state index contributed by atoms with van der Waals surface area (Å²) in [4.78, 5) is 0.185. The molecule has 0 radical (unpaired) electrons. The molecule has 0 bridgehead atoms. The maximum atomic E-state index is 12.5. The predicted molar refractivity (Wildman–Crippen MR) is 69.9 cm³/mol. The molecular formula is C13H16N2O3S. The van der Waals surface area contributed by atoms with Crippen LogP contribution in [0.4, 0.5) is 0 Å². The van der Waals surface area contributed by atoms with Crippen molar-refractivity contribution in [3.8, 4) is 6.07 Å². The summed E-state index contributed by atoms with van der Waals surface area (Å²) in [5.74, 6) is 0. The molecule has 0 saturated carbocycles. The van der Waals surface area contributed by atoms with Gasteiger partial charge in [-0.15, -0.1) is 0 Å². The Labute approximate surface area is 113 Å². The fourth-order valence-electron chi connectivity index (χ4n) is 2.37. The van der Waals surface area contributed by atoms with Crippen molar-refractivity contribution in [2.75, 3.05) is 13.2 Å². The van der Waals surface area contributed by atoms with E-state index in [2.05, 4.69) is 0 Å². The zero-order valence-corrected chi connectivity index (χ0v) is 11.5. The molecule has 0 aliphatic carbocycles. The number of sulfonamides is 1. The quantitative estimate of drug-likeness (QED) is 0.896. The Morgan fingerprint density at radius 3 is 2.84 bits per heavy atom. The van der Waals surface area contributed by atoms with Crippen LogP contribution in [0.15, 0.2) is 23.1 Å². The van der Waals surface area contributed by atoms with Crippen molar-refractivity contribution in [2.24, 2.45) is 0 Å². The van der Waals surface area contributed by atoms with Gasteiger partial charge in [-0.05, 0) is 43.5 Å². The normalized spacial score (nSPS) is 20.4. The van der Waals surface area contributed by atoms with Gasteiger partial charge in [0.05, 0.1) is 23.1 Å². The van der Waals surface area contributed by atoms with E-state index in [0.29, 0.717) is 24.1 Å². The molecule has 19 heavy (non-hydrogen) atoms. The molecule has 1 atom stereocenters. The number of aliphatic hydroxyl groups excluding tert-OH is 1. The highest BCUT2D eigenvalue weighted by Gasteiger charge is 2.34. The summed E-state index contributed by atoms with van der Waals surface area (Å²) in [5, 5.41) is 18.1. The standard InChI is InChI=1S/C13H16N2O3S/c1-10-7-13(5-4-11(10)8-14)19(17,18)15-6-2-3-12(15)9-16/h4-5,7,12,16H,2-3,6,9H2,1H3. The first kappa shape index (κ1) is 14.0. The van der Waals surface area contributed by atoms with Crippen molar-refractivity contribution < 1.29 is 13.5 Å². The molecular weight excluding hydrogens is 264 g/mol. The highest BCUT2D eigenvalue weighted by atomic mass is 32.2. The van der Waals surface area contributed by atoms with E-state index in [1.807, 2.05) is 6.07 Å². The molecule has 1 unspecified atom stereocenters. The van der Waals surface area contributed by atoms with Crippen molar-refractivity contribution in [1.82, 2.24) is 4.31 Å². The first-order chi connectivity index (χ1) is 9.00. The van der Waals surface area contributed by atoms with Gasteiger partial charge in [-0.3, -0.25) is 0 Å². The Bertz CT molecular complexity index is 619. The average molecular weight is 280 g/mol. The van der Waals surface area contributed by atoms with E-state index in [1.54, 1.807) is 6.92 Å². The summed E-state index contributed by atoms with van der Waals surface area (Å²) in [6, 6.07) is 6.17. The van der Waals surface area contributed by atoms with Gasteiger partial charge >= 0.3 is 0 Å². The molecule has 1 heterocycles. The summed E-state index contributed by atoms with van der Waals surface area (Å²) >= 11 is 0. The van der Waals surface area contributed by atoms with Gasteiger partial charge in [0.25, 0.3) is 0 Å². The first-order valence-corrected chi connectivity index (χ1v) is 7.58. The van der Waals surface area contributed by atoms with E-state index in [4.69, 9.17) is 5.26 Å². The fourth-order valence-corrected chi connectivity index (χ4v) is 4.14. The number of aryl methyl sites for hydroxylation is 1. The van der Waals surface area contributed by atoms with E-state index in [1.165, 1.54) is 22.5 Å². The van der Waals surface area contributed by atoms with Gasteiger partial charge in [0.1, 0.15) is 0 Å². The first-order valence-electron chi connectivity index (χ1n) is 6.14. The van der Waals surface area contributed by atoms with Gasteiger partial charge in [-0.2, -0.15) is 9.57 Å². The van der Waals surface area contributed by atoms with E-state index in [-0.39, 0.29) is 17.5 Å². The number of benzene rings is 1. The maximum absolute atomic E-state index is 12.5. The van der Waals surface area contributed by atoms with Crippen LogP contribution in [-0.2, 0) is 10.0 Å². The van der Waals surface area contributed by atoms with Crippen molar-refractivity contribution in [2.45, 2.75) is 30.7 Å². The monoisotopic (exact) mass is 280 g/mol. The van der Waals surface area contributed by atoms with Gasteiger partial charge < -0.3 is 5.11 Å². The lowest BCUT2D eigenvalue weighted by atomic mass is 10.1. The molecule has 1 aromatic carbocycles. The molecule has 6 heteroatoms. The van der Waals surface area contributed by atoms with E-state index >= 15 is 0 Å². The molecule has 5 nitrogen and oxygen atoms in total. The zero-order chi connectivity index (χ0) is 14.0. The number of hydrogen-bond acceptors (Lipinski definition) is 4. The Hall–Kier alpha value is -1.42. The van der Waals surface area contributed by atoms with Crippen LogP contribution in [0.2, 0.25) is 0 Å². The van der Waals surface area contributed by atoms with Crippen LogP contribution in [0, 0.1) is 18.3 Å². The van der Waals surface area contributed by atoms with Crippen molar-refractivity contribution in [1.29, 1.82) is 5.26 Å². The minimum Gasteiger partial charge on any atom is -0.395 e. The lowest BCUT2D eigenvalue weighted by Gasteiger charge is -2.22. The van der Waals surface area contributed by atoms with Gasteiger partial charge in [0, 0.05) is 12.6 Å². The summed E-state index contributed by atoms with van der Waals surface area (Å²) in [6.45, 7) is 1.99. The fraction of sp³-hybridized carbons (Fsp3) is 0.462. The Morgan fingerprint density at radius 1 is 1.53 bits per heavy atom. The molecule has 0 aromatic heterocycles. The van der Waals surface area contributed by atoms with Crippen LogP contribution < -0.4 is 0 Å². The van der Waals surface area contributed by atoms with Crippen LogP contribution >= 0.6 is 0 Å². The lowest BCUT2D eigenvalue weighted by Crippen LogP contribution is -2.37. The highest BCUT2D eigenvalue weighted by molar-refractivity contribution is 7.89. The number of nitrogens with zero attached hydrogens (tertiary/aromatic N) is 2. The molecule has 1 fully saturated rings. The molecule has 1 N–H and O–H groups in total. The molecule has 1 aliphatic rings. The second-order valence-corrected chi connectivity index (χ2v) is 6.57. The molecule has 1 saturated heterocycles. The van der Waals surface area contributed by atoms with Gasteiger partial charge in [0.2, 0.25) is 10.0 Å². The minimum absolute atomic E-state index is 0.158. The summed E-state index contributed by atoms with van der Waals surface area (Å²) in [5.41, 5.74) is 1.11. The van der Waals surface area contributed by atoms with Gasteiger partial charge in [-0.1, -0.05) is 0 Å². The van der Waals surface area contributed by atoms with Crippen molar-refractivity contribution in [3.63, 3.8) is 0 Å². The van der Waals surface area contributed by atoms with Crippen LogP contribution in [0.1, 0.15) is 24.0 Å². The van der Waals surface area contributed by atoms with E-state index in [0.717, 1.165) is 6.42 Å². The number of aliphatic hydroxyl groups is 1. The molecule has 1 aromatic rings. The maximum Gasteiger partial charge on any atom is 0.243 e. The Kier molecular flexibility index (Phi) is 3.90. The smallest absolute Gasteiger partial charge is 0.243 e. The SMILES string of the molecule is Cc1cc(S(=O)(=O)N2CCCC2CO)ccc1C#N. The summed E-state index contributed by atoms with van der Waals surface area (Å²) in [6.07, 6.45) is 1.45. The van der Waals surface area contributed by atoms with Crippen LogP contribution in [0.3, 0.4) is 0 Å². The van der Waals surface area contributed by atoms with E-state index in [9.17, 15) is 13.5 Å². The third-order valence-corrected chi connectivity index (χ3v) is 5.41. The average Bonchev–Trinajstić information content (AvgIpc) is 2.87. The number of nitriles is 1. The molecule has 1 aliphatic heterocycles. The Balaban J connectivity index is 2.40. The Morgan fingerprint density at radius 2 is 2.26 bits per heavy atom. The second-order valence-electron chi connectivity index (χ2n) is 4.68. The second kappa shape index (κ2) is 5.29. The zero-order valence-electron chi connectivity index (χ0n) is 10.7. The summed E-state index contributed by atoms with van der Waals surface area (Å²) < 4.78 is 26.3. The van der Waals surface area contributed by atoms with Crippen LogP contribution in [0.5, 0.6) is 0 Å². The molecule has 2 rings (SSSR count). The molecule has 102 valence electrons. The highest BCUT2D eigenvalue weighted by Crippen LogP contribution is 2.26. The lowest BCUT2D eigenvalue weighted by molar-refractivity contribution is 0.213. The minimum atomic E-state index is -3.58. The van der Waals surface area contributed by atoms with E-state index < -0.39 is 10.0 Å². The molecule has 0 amide bonds. The largest absolute Gasteiger partial charge is 0.395 e. The third-order valence-electron chi connectivity index (χ3n) is 3.46. The van der Waals surface area contributed by atoms with Crippen molar-refractivity contribution >= 4 is 10.0 Å². The van der Waals surface area contributed by atoms with Gasteiger partial charge in [0.15, 0.2) is 0 Å². The van der Waals surface area contributed by atoms with Crippen LogP contribution in [-0.4, -0.2) is 37.0 Å². The third kappa shape index (κ3) is 2.50. The predicted octanol–water partition coefficient (Wildman–Crippen LogP) is 1.01. The summed E-state index contributed by atoms with van der Waals surface area (Å²) in [7, 11) is -3.58. The van der Waals surface area contributed by atoms with Crippen LogP contribution in [0.25, 0.3) is 0 Å². The van der Waals surface area contributed by atoms with Crippen molar-refractivity contribution in [3.05, 3.63) is 29.3 Å². The van der Waals surface area contributed by atoms with Gasteiger partial charge in [-0.25, -0.2) is 8.42 Å². The molecule has 0 spiro atoms. The topological polar surface area (TPSA) is 81.4 Å². The number of hydrogen-bond donors (Lipinski definition) is 1.